The minimum Gasteiger partial charge on any atom is -0.358 e. The number of fused-ring (bicyclic) bond motifs is 1. The zero-order valence-corrected chi connectivity index (χ0v) is 7.23. The molecule has 4 nitrogen and oxygen atoms in total. The van der Waals surface area contributed by atoms with Gasteiger partial charge in [-0.1, -0.05) is 23.2 Å². The Morgan fingerprint density at radius 2 is 2.00 bits per heavy atom. The van der Waals surface area contributed by atoms with Gasteiger partial charge in [0.1, 0.15) is 10.7 Å². The molecule has 0 saturated carbocycles. The number of nitrogens with zero attached hydrogens (tertiary/aromatic N) is 2. The molecule has 1 aromatic heterocycles. The molecule has 0 amide bonds. The van der Waals surface area contributed by atoms with Gasteiger partial charge < -0.3 is 4.84 Å². The van der Waals surface area contributed by atoms with Gasteiger partial charge in [0.05, 0.1) is 0 Å². The number of aromatic nitrogens is 2. The quantitative estimate of drug-likeness (QED) is 0.650. The van der Waals surface area contributed by atoms with E-state index in [0.29, 0.717) is 16.6 Å². The first-order chi connectivity index (χ1) is 5.79. The second-order valence-electron chi connectivity index (χ2n) is 2.04. The van der Waals surface area contributed by atoms with Crippen LogP contribution in [0.5, 0.6) is 5.88 Å². The summed E-state index contributed by atoms with van der Waals surface area (Å²) in [5.74, 6) is 0.326. The Balaban J connectivity index is 2.59. The van der Waals surface area contributed by atoms with Gasteiger partial charge in [-0.2, -0.15) is 0 Å². The van der Waals surface area contributed by atoms with E-state index in [2.05, 4.69) is 15.4 Å². The Kier molecular flexibility index (Phi) is 1.78. The summed E-state index contributed by atoms with van der Waals surface area (Å²) in [5.41, 5.74) is 2.85. The first-order valence-electron chi connectivity index (χ1n) is 3.08. The first-order valence-corrected chi connectivity index (χ1v) is 3.84. The smallest absolute Gasteiger partial charge is 0.273 e. The summed E-state index contributed by atoms with van der Waals surface area (Å²) in [7, 11) is 0. The van der Waals surface area contributed by atoms with E-state index < -0.39 is 0 Å². The van der Waals surface area contributed by atoms with E-state index in [1.165, 1.54) is 12.4 Å². The highest BCUT2D eigenvalue weighted by Gasteiger charge is 2.19. The van der Waals surface area contributed by atoms with Gasteiger partial charge in [0.15, 0.2) is 5.16 Å². The minimum absolute atomic E-state index is 0.213. The zero-order chi connectivity index (χ0) is 8.55. The van der Waals surface area contributed by atoms with Crippen LogP contribution in [0, 0.1) is 0 Å². The van der Waals surface area contributed by atoms with Crippen LogP contribution in [0.3, 0.4) is 0 Å². The highest BCUT2D eigenvalue weighted by Crippen LogP contribution is 2.30. The highest BCUT2D eigenvalue weighted by atomic mass is 35.5. The van der Waals surface area contributed by atoms with Crippen LogP contribution in [-0.4, -0.2) is 9.97 Å². The van der Waals surface area contributed by atoms with Crippen molar-refractivity contribution in [3.8, 4) is 5.88 Å². The van der Waals surface area contributed by atoms with Crippen molar-refractivity contribution < 1.29 is 4.84 Å². The molecule has 0 fully saturated rings. The molecule has 0 aliphatic carbocycles. The Hall–Kier alpha value is -1.00. The lowest BCUT2D eigenvalue weighted by Gasteiger charge is -2.14. The van der Waals surface area contributed by atoms with Crippen molar-refractivity contribution in [3.05, 3.63) is 23.2 Å². The lowest BCUT2D eigenvalue weighted by molar-refractivity contribution is 0.221. The summed E-state index contributed by atoms with van der Waals surface area (Å²) in [6, 6.07) is 0. The molecule has 0 bridgehead atoms. The van der Waals surface area contributed by atoms with Crippen LogP contribution in [0.2, 0.25) is 0 Å². The van der Waals surface area contributed by atoms with Crippen molar-refractivity contribution in [2.75, 3.05) is 0 Å². The second-order valence-corrected chi connectivity index (χ2v) is 2.80. The van der Waals surface area contributed by atoms with Crippen molar-refractivity contribution >= 4 is 28.2 Å². The predicted octanol–water partition coefficient (Wildman–Crippen LogP) is 1.48. The molecule has 0 radical (unpaired) electrons. The zero-order valence-electron chi connectivity index (χ0n) is 5.71. The maximum atomic E-state index is 5.80. The number of halogens is 2. The normalized spacial score (nSPS) is 14.8. The third-order valence-electron chi connectivity index (χ3n) is 1.30. The molecular weight excluding hydrogens is 201 g/mol. The number of hydroxylamine groups is 1. The third kappa shape index (κ3) is 1.09. The molecule has 0 aromatic carbocycles. The van der Waals surface area contributed by atoms with E-state index in [-0.39, 0.29) is 5.16 Å². The van der Waals surface area contributed by atoms with Crippen LogP contribution < -0.4 is 10.3 Å². The van der Waals surface area contributed by atoms with Crippen LogP contribution >= 0.6 is 23.2 Å². The number of nitrogens with one attached hydrogen (secondary N) is 1. The molecule has 0 atom stereocenters. The molecule has 0 unspecified atom stereocenters. The predicted molar refractivity (Wildman–Crippen MR) is 44.4 cm³/mol. The van der Waals surface area contributed by atoms with Gasteiger partial charge in [0, 0.05) is 12.4 Å². The van der Waals surface area contributed by atoms with Crippen molar-refractivity contribution in [1.29, 1.82) is 0 Å². The first kappa shape index (κ1) is 7.64. The Labute approximate surface area is 78.1 Å². The molecule has 6 heteroatoms. The molecule has 2 heterocycles. The van der Waals surface area contributed by atoms with Gasteiger partial charge in [-0.15, -0.1) is 0 Å². The van der Waals surface area contributed by atoms with Crippen LogP contribution in [0.15, 0.2) is 17.5 Å². The molecule has 1 aliphatic rings. The van der Waals surface area contributed by atoms with Crippen molar-refractivity contribution in [1.82, 2.24) is 15.4 Å². The van der Waals surface area contributed by atoms with Gasteiger partial charge in [-0.05, 0) is 0 Å². The summed E-state index contributed by atoms with van der Waals surface area (Å²) >= 11 is 11.4. The fraction of sp³-hybridized carbons (Fsp3) is 0. The van der Waals surface area contributed by atoms with Crippen molar-refractivity contribution in [2.24, 2.45) is 0 Å². The molecule has 2 rings (SSSR count). The lowest BCUT2D eigenvalue weighted by Crippen LogP contribution is -2.21. The summed E-state index contributed by atoms with van der Waals surface area (Å²) in [5, 5.41) is 0.524. The maximum Gasteiger partial charge on any atom is 0.273 e. The number of hydrogen-bond acceptors (Lipinski definition) is 4. The van der Waals surface area contributed by atoms with Crippen LogP contribution in [0.25, 0.3) is 5.03 Å². The summed E-state index contributed by atoms with van der Waals surface area (Å²) in [6.07, 6.45) is 3.02. The fourth-order valence-corrected chi connectivity index (χ4v) is 1.09. The highest BCUT2D eigenvalue weighted by molar-refractivity contribution is 6.54. The Bertz CT molecular complexity index is 352. The van der Waals surface area contributed by atoms with Crippen molar-refractivity contribution in [2.45, 2.75) is 0 Å². The maximum absolute atomic E-state index is 5.80. The number of hydrogen-bond donors (Lipinski definition) is 1. The summed E-state index contributed by atoms with van der Waals surface area (Å²) in [6.45, 7) is 0. The minimum atomic E-state index is 0.213. The Morgan fingerprint density at radius 3 is 2.83 bits per heavy atom. The van der Waals surface area contributed by atoms with E-state index in [0.717, 1.165) is 0 Å². The van der Waals surface area contributed by atoms with Gasteiger partial charge in [0.25, 0.3) is 5.88 Å². The SMILES string of the molecule is ClC1=C(Cl)c2nccnc2ON1. The van der Waals surface area contributed by atoms with Crippen LogP contribution in [-0.2, 0) is 0 Å². The molecule has 1 aromatic rings. The van der Waals surface area contributed by atoms with Crippen LogP contribution in [0.1, 0.15) is 5.69 Å². The van der Waals surface area contributed by atoms with E-state index in [9.17, 15) is 0 Å². The van der Waals surface area contributed by atoms with E-state index in [4.69, 9.17) is 28.0 Å². The molecule has 62 valence electrons. The van der Waals surface area contributed by atoms with E-state index >= 15 is 0 Å². The van der Waals surface area contributed by atoms with Crippen molar-refractivity contribution in [3.63, 3.8) is 0 Å². The largest absolute Gasteiger partial charge is 0.358 e. The second kappa shape index (κ2) is 2.80. The standard InChI is InChI=1S/C6H3Cl2N3O/c7-3-4-6(10-2-1-9-4)12-11-5(3)8/h1-2,11H. The Morgan fingerprint density at radius 1 is 1.25 bits per heavy atom. The summed E-state index contributed by atoms with van der Waals surface area (Å²) < 4.78 is 0. The van der Waals surface area contributed by atoms with Gasteiger partial charge in [0.2, 0.25) is 0 Å². The molecule has 1 aliphatic heterocycles. The van der Waals surface area contributed by atoms with Gasteiger partial charge in [-0.3, -0.25) is 0 Å². The lowest BCUT2D eigenvalue weighted by atomic mass is 10.4. The van der Waals surface area contributed by atoms with Gasteiger partial charge in [-0.25, -0.2) is 15.4 Å². The van der Waals surface area contributed by atoms with E-state index in [1.807, 2.05) is 0 Å². The average molecular weight is 204 g/mol. The third-order valence-corrected chi connectivity index (χ3v) is 2.03. The molecule has 0 saturated heterocycles. The monoisotopic (exact) mass is 203 g/mol. The number of rotatable bonds is 0. The van der Waals surface area contributed by atoms with Crippen LogP contribution in [0.4, 0.5) is 0 Å². The topological polar surface area (TPSA) is 47.0 Å². The molecule has 1 N–H and O–H groups in total. The molecular formula is C6H3Cl2N3O. The average Bonchev–Trinajstić information content (AvgIpc) is 2.12. The fourth-order valence-electron chi connectivity index (χ4n) is 0.792. The summed E-state index contributed by atoms with van der Waals surface area (Å²) in [4.78, 5) is 12.7. The molecule has 0 spiro atoms. The van der Waals surface area contributed by atoms with Gasteiger partial charge >= 0.3 is 0 Å². The molecule has 12 heavy (non-hydrogen) atoms. The van der Waals surface area contributed by atoms with E-state index in [1.54, 1.807) is 0 Å².